The minimum absolute atomic E-state index is 0.0813. The van der Waals surface area contributed by atoms with Gasteiger partial charge in [0, 0.05) is 13.2 Å². The van der Waals surface area contributed by atoms with E-state index < -0.39 is 6.10 Å². The molecule has 4 heteroatoms. The van der Waals surface area contributed by atoms with Crippen LogP contribution in [0.4, 0.5) is 0 Å². The third kappa shape index (κ3) is 5.47. The lowest BCUT2D eigenvalue weighted by Gasteiger charge is -2.11. The number of hydrogen-bond donors (Lipinski definition) is 2. The fourth-order valence-electron chi connectivity index (χ4n) is 1.44. The fraction of sp³-hybridized carbons (Fsp3) is 0.462. The van der Waals surface area contributed by atoms with Gasteiger partial charge in [-0.25, -0.2) is 0 Å². The Morgan fingerprint density at radius 1 is 1.41 bits per heavy atom. The van der Waals surface area contributed by atoms with Crippen molar-refractivity contribution in [2.45, 2.75) is 19.4 Å². The van der Waals surface area contributed by atoms with Crippen LogP contribution in [0.1, 0.15) is 25.0 Å². The summed E-state index contributed by atoms with van der Waals surface area (Å²) in [5.41, 5.74) is 0.867. The summed E-state index contributed by atoms with van der Waals surface area (Å²) in [6, 6.07) is 9.40. The lowest BCUT2D eigenvalue weighted by atomic mass is 10.1. The highest BCUT2D eigenvalue weighted by Gasteiger charge is 2.07. The number of nitrogens with one attached hydrogen (secondary N) is 1. The Morgan fingerprint density at radius 2 is 2.12 bits per heavy atom. The van der Waals surface area contributed by atoms with E-state index in [9.17, 15) is 9.90 Å². The van der Waals surface area contributed by atoms with Gasteiger partial charge in [0.25, 0.3) is 0 Å². The molecule has 0 heterocycles. The average Bonchev–Trinajstić information content (AvgIpc) is 2.37. The van der Waals surface area contributed by atoms with Crippen molar-refractivity contribution in [3.05, 3.63) is 35.9 Å². The zero-order valence-corrected chi connectivity index (χ0v) is 10.1. The number of carbonyl (C=O) groups is 1. The summed E-state index contributed by atoms with van der Waals surface area (Å²) in [5.74, 6) is -0.146. The van der Waals surface area contributed by atoms with Crippen molar-refractivity contribution in [2.75, 3.05) is 19.8 Å². The Bertz CT molecular complexity index is 327. The predicted octanol–water partition coefficient (Wildman–Crippen LogP) is 1.26. The lowest BCUT2D eigenvalue weighted by Crippen LogP contribution is -2.29. The van der Waals surface area contributed by atoms with Crippen molar-refractivity contribution < 1.29 is 14.6 Å². The number of aliphatic hydroxyl groups excluding tert-OH is 1. The van der Waals surface area contributed by atoms with E-state index in [0.717, 1.165) is 5.56 Å². The highest BCUT2D eigenvalue weighted by Crippen LogP contribution is 2.14. The van der Waals surface area contributed by atoms with Gasteiger partial charge in [0.1, 0.15) is 6.61 Å². The molecule has 0 fully saturated rings. The molecule has 0 aliphatic carbocycles. The Morgan fingerprint density at radius 3 is 2.76 bits per heavy atom. The van der Waals surface area contributed by atoms with Crippen LogP contribution in [0, 0.1) is 0 Å². The van der Waals surface area contributed by atoms with Crippen molar-refractivity contribution >= 4 is 5.91 Å². The van der Waals surface area contributed by atoms with Gasteiger partial charge in [-0.1, -0.05) is 30.3 Å². The smallest absolute Gasteiger partial charge is 0.245 e. The molecule has 0 aromatic heterocycles. The van der Waals surface area contributed by atoms with Gasteiger partial charge in [0.15, 0.2) is 0 Å². The molecule has 0 spiro atoms. The van der Waals surface area contributed by atoms with Gasteiger partial charge >= 0.3 is 0 Å². The number of amides is 1. The normalized spacial score (nSPS) is 12.1. The molecule has 0 radical (unpaired) electrons. The molecule has 0 saturated heterocycles. The van der Waals surface area contributed by atoms with Crippen molar-refractivity contribution in [3.63, 3.8) is 0 Å². The second kappa shape index (κ2) is 7.81. The zero-order valence-electron chi connectivity index (χ0n) is 10.1. The van der Waals surface area contributed by atoms with Crippen molar-refractivity contribution in [1.82, 2.24) is 5.32 Å². The van der Waals surface area contributed by atoms with Crippen LogP contribution in [0.3, 0.4) is 0 Å². The molecular weight excluding hydrogens is 218 g/mol. The molecule has 1 aromatic carbocycles. The Kier molecular flexibility index (Phi) is 6.29. The molecule has 1 atom stereocenters. The maximum Gasteiger partial charge on any atom is 0.245 e. The third-order valence-electron chi connectivity index (χ3n) is 2.36. The number of ether oxygens (including phenoxy) is 1. The zero-order chi connectivity index (χ0) is 12.5. The Balaban J connectivity index is 2.20. The molecule has 1 aromatic rings. The minimum atomic E-state index is -0.538. The van der Waals surface area contributed by atoms with Gasteiger partial charge in [0.05, 0.1) is 6.10 Å². The van der Waals surface area contributed by atoms with Crippen LogP contribution in [0.5, 0.6) is 0 Å². The number of aliphatic hydroxyl groups is 1. The largest absolute Gasteiger partial charge is 0.388 e. The van der Waals surface area contributed by atoms with E-state index in [0.29, 0.717) is 19.6 Å². The Labute approximate surface area is 102 Å². The maximum absolute atomic E-state index is 11.2. The highest BCUT2D eigenvalue weighted by atomic mass is 16.5. The van der Waals surface area contributed by atoms with Gasteiger partial charge in [-0.15, -0.1) is 0 Å². The monoisotopic (exact) mass is 237 g/mol. The van der Waals surface area contributed by atoms with Crippen LogP contribution in [0.15, 0.2) is 30.3 Å². The number of rotatable bonds is 7. The molecular formula is C13H19NO3. The van der Waals surface area contributed by atoms with E-state index in [-0.39, 0.29) is 12.5 Å². The van der Waals surface area contributed by atoms with E-state index in [1.54, 1.807) is 0 Å². The summed E-state index contributed by atoms with van der Waals surface area (Å²) in [6.07, 6.45) is -0.0365. The first-order valence-corrected chi connectivity index (χ1v) is 5.81. The third-order valence-corrected chi connectivity index (χ3v) is 2.36. The molecule has 1 amide bonds. The Hall–Kier alpha value is -1.39. The molecule has 4 nitrogen and oxygen atoms in total. The van der Waals surface area contributed by atoms with Gasteiger partial charge in [-0.2, -0.15) is 0 Å². The van der Waals surface area contributed by atoms with Crippen LogP contribution in [0.2, 0.25) is 0 Å². The van der Waals surface area contributed by atoms with Crippen LogP contribution in [0.25, 0.3) is 0 Å². The molecule has 1 unspecified atom stereocenters. The summed E-state index contributed by atoms with van der Waals surface area (Å²) in [6.45, 7) is 2.90. The predicted molar refractivity (Wildman–Crippen MR) is 65.5 cm³/mol. The molecule has 0 bridgehead atoms. The minimum Gasteiger partial charge on any atom is -0.388 e. The van der Waals surface area contributed by atoms with E-state index >= 15 is 0 Å². The molecule has 0 aliphatic rings. The summed E-state index contributed by atoms with van der Waals surface area (Å²) in [7, 11) is 0. The first-order valence-electron chi connectivity index (χ1n) is 5.81. The molecule has 1 rings (SSSR count). The van der Waals surface area contributed by atoms with Crippen LogP contribution < -0.4 is 5.32 Å². The summed E-state index contributed by atoms with van der Waals surface area (Å²) >= 11 is 0. The van der Waals surface area contributed by atoms with E-state index in [2.05, 4.69) is 5.32 Å². The molecule has 0 saturated carbocycles. The van der Waals surface area contributed by atoms with Gasteiger partial charge in [-0.05, 0) is 18.9 Å². The maximum atomic E-state index is 11.2. The summed E-state index contributed by atoms with van der Waals surface area (Å²) in [4.78, 5) is 11.2. The molecule has 0 aliphatic heterocycles. The van der Waals surface area contributed by atoms with Crippen molar-refractivity contribution in [3.8, 4) is 0 Å². The number of hydrogen-bond acceptors (Lipinski definition) is 3. The summed E-state index contributed by atoms with van der Waals surface area (Å²) in [5, 5.41) is 12.5. The SMILES string of the molecule is CCOCC(=O)NCCC(O)c1ccccc1. The number of benzene rings is 1. The second-order valence-corrected chi connectivity index (χ2v) is 3.70. The highest BCUT2D eigenvalue weighted by molar-refractivity contribution is 5.77. The lowest BCUT2D eigenvalue weighted by molar-refractivity contribution is -0.125. The van der Waals surface area contributed by atoms with E-state index in [1.807, 2.05) is 37.3 Å². The quantitative estimate of drug-likeness (QED) is 0.750. The first-order chi connectivity index (χ1) is 8.24. The average molecular weight is 237 g/mol. The first kappa shape index (κ1) is 13.7. The van der Waals surface area contributed by atoms with Crippen molar-refractivity contribution in [1.29, 1.82) is 0 Å². The fourth-order valence-corrected chi connectivity index (χ4v) is 1.44. The van der Waals surface area contributed by atoms with Crippen molar-refractivity contribution in [2.24, 2.45) is 0 Å². The van der Waals surface area contributed by atoms with Gasteiger partial charge in [-0.3, -0.25) is 4.79 Å². The van der Waals surface area contributed by atoms with E-state index in [4.69, 9.17) is 4.74 Å². The van der Waals surface area contributed by atoms with Gasteiger partial charge in [0.2, 0.25) is 5.91 Å². The molecule has 17 heavy (non-hydrogen) atoms. The van der Waals surface area contributed by atoms with Crippen LogP contribution in [-0.4, -0.2) is 30.8 Å². The number of carbonyl (C=O) groups excluding carboxylic acids is 1. The standard InChI is InChI=1S/C13H19NO3/c1-2-17-10-13(16)14-9-8-12(15)11-6-4-3-5-7-11/h3-7,12,15H,2,8-10H2,1H3,(H,14,16). The molecule has 2 N–H and O–H groups in total. The van der Waals surface area contributed by atoms with E-state index in [1.165, 1.54) is 0 Å². The topological polar surface area (TPSA) is 58.6 Å². The van der Waals surface area contributed by atoms with Crippen LogP contribution in [-0.2, 0) is 9.53 Å². The second-order valence-electron chi connectivity index (χ2n) is 3.70. The summed E-state index contributed by atoms with van der Waals surface area (Å²) < 4.78 is 4.96. The van der Waals surface area contributed by atoms with Gasteiger partial charge < -0.3 is 15.2 Å². The molecule has 94 valence electrons. The van der Waals surface area contributed by atoms with Crippen LogP contribution >= 0.6 is 0 Å².